The molecule has 0 aliphatic heterocycles. The Bertz CT molecular complexity index is 1130. The van der Waals surface area contributed by atoms with Crippen LogP contribution < -0.4 is 0 Å². The predicted molar refractivity (Wildman–Crippen MR) is 303 cm³/mol. The van der Waals surface area contributed by atoms with Crippen LogP contribution in [-0.2, 0) is 28.6 Å². The molecule has 70 heavy (non-hydrogen) atoms. The van der Waals surface area contributed by atoms with E-state index in [1.807, 2.05) is 0 Å². The normalized spacial score (nSPS) is 12.1. The number of rotatable bonds is 58. The lowest BCUT2D eigenvalue weighted by atomic mass is 10.0. The lowest BCUT2D eigenvalue weighted by Crippen LogP contribution is -2.30. The Hall–Kier alpha value is -2.11. The molecule has 1 atom stereocenters. The van der Waals surface area contributed by atoms with E-state index in [1.54, 1.807) is 0 Å². The molecule has 1 unspecified atom stereocenters. The molecule has 6 nitrogen and oxygen atoms in total. The largest absolute Gasteiger partial charge is 0.462 e. The van der Waals surface area contributed by atoms with Gasteiger partial charge in [0.1, 0.15) is 13.2 Å². The quantitative estimate of drug-likeness (QED) is 0.0261. The maximum atomic E-state index is 12.9. The zero-order valence-corrected chi connectivity index (χ0v) is 47.3. The molecule has 0 rings (SSSR count). The zero-order valence-electron chi connectivity index (χ0n) is 47.3. The van der Waals surface area contributed by atoms with E-state index < -0.39 is 6.10 Å². The fraction of sp³-hybridized carbons (Fsp3) is 0.891. The molecular weight excluding hydrogens is 865 g/mol. The third-order valence-corrected chi connectivity index (χ3v) is 14.2. The van der Waals surface area contributed by atoms with E-state index >= 15 is 0 Å². The van der Waals surface area contributed by atoms with Gasteiger partial charge in [-0.3, -0.25) is 14.4 Å². The van der Waals surface area contributed by atoms with E-state index in [1.165, 1.54) is 231 Å². The molecular formula is C64H120O6. The van der Waals surface area contributed by atoms with Crippen LogP contribution in [0.2, 0.25) is 0 Å². The van der Waals surface area contributed by atoms with Crippen molar-refractivity contribution in [3.63, 3.8) is 0 Å². The topological polar surface area (TPSA) is 78.9 Å². The van der Waals surface area contributed by atoms with Gasteiger partial charge in [0.2, 0.25) is 0 Å². The molecule has 0 saturated heterocycles. The van der Waals surface area contributed by atoms with Gasteiger partial charge in [0.25, 0.3) is 0 Å². The summed E-state index contributed by atoms with van der Waals surface area (Å²) >= 11 is 0. The Morgan fingerprint density at radius 2 is 0.514 bits per heavy atom. The summed E-state index contributed by atoms with van der Waals surface area (Å²) in [5, 5.41) is 0. The first kappa shape index (κ1) is 67.9. The third kappa shape index (κ3) is 56.8. The molecule has 0 spiro atoms. The Labute approximate surface area is 436 Å². The maximum absolute atomic E-state index is 12.9. The summed E-state index contributed by atoms with van der Waals surface area (Å²) in [6.07, 6.45) is 70.3. The predicted octanol–water partition coefficient (Wildman–Crippen LogP) is 21.1. The minimum atomic E-state index is -0.772. The SMILES string of the molecule is CCCCC/C=C\C/C=C\CCCCCCCC(=O)OCC(COC(=O)CCCCCCCCCCCCCCCCCCCCCC)OC(=O)CCCCCCCCCCCCCCCCCCC. The van der Waals surface area contributed by atoms with E-state index in [9.17, 15) is 14.4 Å². The van der Waals surface area contributed by atoms with Crippen molar-refractivity contribution in [3.05, 3.63) is 24.3 Å². The van der Waals surface area contributed by atoms with E-state index in [0.717, 1.165) is 77.0 Å². The first-order chi connectivity index (χ1) is 34.5. The van der Waals surface area contributed by atoms with Gasteiger partial charge in [0.15, 0.2) is 6.10 Å². The van der Waals surface area contributed by atoms with Gasteiger partial charge >= 0.3 is 17.9 Å². The summed E-state index contributed by atoms with van der Waals surface area (Å²) in [5.74, 6) is -0.857. The van der Waals surface area contributed by atoms with E-state index in [0.29, 0.717) is 19.3 Å². The van der Waals surface area contributed by atoms with E-state index in [4.69, 9.17) is 14.2 Å². The summed E-state index contributed by atoms with van der Waals surface area (Å²) in [7, 11) is 0. The van der Waals surface area contributed by atoms with Gasteiger partial charge in [0, 0.05) is 19.3 Å². The number of ether oxygens (including phenoxy) is 3. The van der Waals surface area contributed by atoms with Crippen molar-refractivity contribution in [3.8, 4) is 0 Å². The Morgan fingerprint density at radius 3 is 0.814 bits per heavy atom. The van der Waals surface area contributed by atoms with Gasteiger partial charge in [-0.15, -0.1) is 0 Å². The second kappa shape index (κ2) is 59.5. The average molecular weight is 986 g/mol. The number of esters is 3. The van der Waals surface area contributed by atoms with Crippen molar-refractivity contribution >= 4 is 17.9 Å². The second-order valence-corrected chi connectivity index (χ2v) is 21.3. The van der Waals surface area contributed by atoms with Crippen molar-refractivity contribution < 1.29 is 28.6 Å². The molecule has 0 saturated carbocycles. The highest BCUT2D eigenvalue weighted by atomic mass is 16.6. The van der Waals surface area contributed by atoms with Crippen molar-refractivity contribution in [1.29, 1.82) is 0 Å². The van der Waals surface area contributed by atoms with Gasteiger partial charge < -0.3 is 14.2 Å². The van der Waals surface area contributed by atoms with Crippen LogP contribution in [-0.4, -0.2) is 37.2 Å². The first-order valence-corrected chi connectivity index (χ1v) is 31.3. The van der Waals surface area contributed by atoms with Crippen LogP contribution in [0.15, 0.2) is 24.3 Å². The second-order valence-electron chi connectivity index (χ2n) is 21.3. The van der Waals surface area contributed by atoms with Crippen molar-refractivity contribution in [2.75, 3.05) is 13.2 Å². The molecule has 412 valence electrons. The molecule has 0 heterocycles. The summed E-state index contributed by atoms with van der Waals surface area (Å²) < 4.78 is 16.9. The minimum Gasteiger partial charge on any atom is -0.462 e. The lowest BCUT2D eigenvalue weighted by Gasteiger charge is -2.18. The number of allylic oxidation sites excluding steroid dienone is 4. The molecule has 0 aromatic rings. The Kier molecular flexibility index (Phi) is 57.7. The summed E-state index contributed by atoms with van der Waals surface area (Å²) in [6.45, 7) is 6.67. The molecule has 0 radical (unpaired) electrons. The van der Waals surface area contributed by atoms with Gasteiger partial charge in [0.05, 0.1) is 0 Å². The van der Waals surface area contributed by atoms with Crippen LogP contribution in [0.3, 0.4) is 0 Å². The molecule has 0 aliphatic rings. The molecule has 0 fully saturated rings. The highest BCUT2D eigenvalue weighted by Crippen LogP contribution is 2.18. The van der Waals surface area contributed by atoms with Crippen molar-refractivity contribution in [2.45, 2.75) is 354 Å². The first-order valence-electron chi connectivity index (χ1n) is 31.3. The molecule has 0 bridgehead atoms. The fourth-order valence-corrected chi connectivity index (χ4v) is 9.48. The molecule has 0 aliphatic carbocycles. The highest BCUT2D eigenvalue weighted by molar-refractivity contribution is 5.71. The van der Waals surface area contributed by atoms with Crippen LogP contribution in [0.25, 0.3) is 0 Å². The summed E-state index contributed by atoms with van der Waals surface area (Å²) in [5.41, 5.74) is 0. The highest BCUT2D eigenvalue weighted by Gasteiger charge is 2.19. The number of carbonyl (C=O) groups is 3. The van der Waals surface area contributed by atoms with Gasteiger partial charge in [-0.25, -0.2) is 0 Å². The molecule has 6 heteroatoms. The average Bonchev–Trinajstić information content (AvgIpc) is 3.36. The minimum absolute atomic E-state index is 0.0697. The van der Waals surface area contributed by atoms with Gasteiger partial charge in [-0.05, 0) is 51.4 Å². The molecule has 0 aromatic carbocycles. The number of hydrogen-bond acceptors (Lipinski definition) is 6. The smallest absolute Gasteiger partial charge is 0.306 e. The standard InChI is InChI=1S/C64H120O6/c1-4-7-10-13-16-19-22-25-28-30-31-32-34-36-39-42-45-48-51-54-57-63(66)69-60-61(59-68-62(65)56-53-50-47-44-41-38-35-27-24-21-18-15-12-9-6-3)70-64(67)58-55-52-49-46-43-40-37-33-29-26-23-20-17-14-11-8-5-2/h18,21,27,35,61H,4-17,19-20,22-26,28-34,36-60H2,1-3H3/b21-18-,35-27-. The maximum Gasteiger partial charge on any atom is 0.306 e. The number of unbranched alkanes of at least 4 members (excludes halogenated alkanes) is 43. The third-order valence-electron chi connectivity index (χ3n) is 14.2. The van der Waals surface area contributed by atoms with Crippen molar-refractivity contribution in [2.24, 2.45) is 0 Å². The van der Waals surface area contributed by atoms with Crippen LogP contribution in [0.4, 0.5) is 0 Å². The van der Waals surface area contributed by atoms with Crippen LogP contribution in [0.5, 0.6) is 0 Å². The zero-order chi connectivity index (χ0) is 50.7. The lowest BCUT2D eigenvalue weighted by molar-refractivity contribution is -0.167. The van der Waals surface area contributed by atoms with Crippen molar-refractivity contribution in [1.82, 2.24) is 0 Å². The van der Waals surface area contributed by atoms with Crippen LogP contribution in [0, 0.1) is 0 Å². The molecule has 0 N–H and O–H groups in total. The van der Waals surface area contributed by atoms with Gasteiger partial charge in [-0.2, -0.15) is 0 Å². The summed E-state index contributed by atoms with van der Waals surface area (Å²) in [6, 6.07) is 0. The van der Waals surface area contributed by atoms with E-state index in [2.05, 4.69) is 45.1 Å². The summed E-state index contributed by atoms with van der Waals surface area (Å²) in [4.78, 5) is 38.3. The number of hydrogen-bond donors (Lipinski definition) is 0. The fourth-order valence-electron chi connectivity index (χ4n) is 9.48. The van der Waals surface area contributed by atoms with Gasteiger partial charge in [-0.1, -0.05) is 302 Å². The van der Waals surface area contributed by atoms with Crippen LogP contribution >= 0.6 is 0 Å². The van der Waals surface area contributed by atoms with E-state index in [-0.39, 0.29) is 31.1 Å². The monoisotopic (exact) mass is 985 g/mol. The van der Waals surface area contributed by atoms with Crippen LogP contribution in [0.1, 0.15) is 348 Å². The molecule has 0 aromatic heterocycles. The number of carbonyl (C=O) groups excluding carboxylic acids is 3. The Balaban J connectivity index is 4.31. The molecule has 0 amide bonds. The Morgan fingerprint density at radius 1 is 0.286 bits per heavy atom.